The standard InChI is InChI=1S/C11H12Br3N3OS/c1-18-3-2-17-10(7(13)5-16-17)9(15)8-4-6(12)11(14)19-8/h4-5,9H,2-3,15H2,1H3. The first-order chi connectivity index (χ1) is 9.04. The van der Waals surface area contributed by atoms with Gasteiger partial charge < -0.3 is 10.5 Å². The Kier molecular flexibility index (Phi) is 5.62. The first-order valence-electron chi connectivity index (χ1n) is 5.45. The lowest BCUT2D eigenvalue weighted by molar-refractivity contribution is 0.182. The number of hydrogen-bond donors (Lipinski definition) is 1. The zero-order valence-corrected chi connectivity index (χ0v) is 15.6. The zero-order valence-electron chi connectivity index (χ0n) is 10.1. The molecule has 0 saturated heterocycles. The van der Waals surface area contributed by atoms with E-state index in [-0.39, 0.29) is 6.04 Å². The summed E-state index contributed by atoms with van der Waals surface area (Å²) in [7, 11) is 1.67. The molecule has 1 unspecified atom stereocenters. The lowest BCUT2D eigenvalue weighted by Gasteiger charge is -2.13. The first-order valence-corrected chi connectivity index (χ1v) is 8.64. The van der Waals surface area contributed by atoms with Crippen molar-refractivity contribution in [2.24, 2.45) is 5.73 Å². The third kappa shape index (κ3) is 3.48. The number of hydrogen-bond acceptors (Lipinski definition) is 4. The number of rotatable bonds is 5. The molecule has 2 rings (SSSR count). The van der Waals surface area contributed by atoms with Gasteiger partial charge in [-0.2, -0.15) is 5.10 Å². The van der Waals surface area contributed by atoms with Crippen LogP contribution < -0.4 is 5.73 Å². The minimum Gasteiger partial charge on any atom is -0.383 e. The normalized spacial score (nSPS) is 12.9. The molecule has 2 aromatic heterocycles. The number of nitrogens with two attached hydrogens (primary N) is 1. The van der Waals surface area contributed by atoms with Gasteiger partial charge in [0.25, 0.3) is 0 Å². The summed E-state index contributed by atoms with van der Waals surface area (Å²) in [5.41, 5.74) is 7.31. The van der Waals surface area contributed by atoms with Crippen LogP contribution in [0.2, 0.25) is 0 Å². The fourth-order valence-corrected chi connectivity index (χ4v) is 4.33. The minimum absolute atomic E-state index is 0.221. The molecule has 0 fully saturated rings. The summed E-state index contributed by atoms with van der Waals surface area (Å²) in [5.74, 6) is 0. The van der Waals surface area contributed by atoms with Crippen molar-refractivity contribution >= 4 is 59.1 Å². The highest BCUT2D eigenvalue weighted by atomic mass is 79.9. The van der Waals surface area contributed by atoms with E-state index in [0.29, 0.717) is 13.2 Å². The summed E-state index contributed by atoms with van der Waals surface area (Å²) in [6.45, 7) is 1.28. The zero-order chi connectivity index (χ0) is 14.0. The Morgan fingerprint density at radius 1 is 1.42 bits per heavy atom. The van der Waals surface area contributed by atoms with Crippen LogP contribution in [-0.4, -0.2) is 23.5 Å². The molecular weight excluding hydrogens is 462 g/mol. The Bertz CT molecular complexity index is 550. The Morgan fingerprint density at radius 3 is 2.74 bits per heavy atom. The molecule has 0 radical (unpaired) electrons. The van der Waals surface area contributed by atoms with Gasteiger partial charge in [0.05, 0.1) is 39.3 Å². The van der Waals surface area contributed by atoms with Gasteiger partial charge in [-0.15, -0.1) is 11.3 Å². The summed E-state index contributed by atoms with van der Waals surface area (Å²) in [4.78, 5) is 1.07. The predicted octanol–water partition coefficient (Wildman–Crippen LogP) is 3.93. The maximum Gasteiger partial charge on any atom is 0.0843 e. The van der Waals surface area contributed by atoms with E-state index in [4.69, 9.17) is 10.5 Å². The van der Waals surface area contributed by atoms with Crippen molar-refractivity contribution < 1.29 is 4.74 Å². The average molecular weight is 474 g/mol. The molecule has 1 atom stereocenters. The summed E-state index contributed by atoms with van der Waals surface area (Å²) in [6.07, 6.45) is 1.77. The van der Waals surface area contributed by atoms with E-state index in [0.717, 1.165) is 23.3 Å². The van der Waals surface area contributed by atoms with E-state index < -0.39 is 0 Å². The molecule has 0 amide bonds. The highest BCUT2D eigenvalue weighted by Gasteiger charge is 2.20. The van der Waals surface area contributed by atoms with Gasteiger partial charge in [0.1, 0.15) is 0 Å². The monoisotopic (exact) mass is 471 g/mol. The molecular formula is C11H12Br3N3OS. The summed E-state index contributed by atoms with van der Waals surface area (Å²) in [6, 6.07) is 1.81. The molecule has 0 saturated carbocycles. The van der Waals surface area contributed by atoms with Crippen molar-refractivity contribution in [1.82, 2.24) is 9.78 Å². The number of aromatic nitrogens is 2. The van der Waals surface area contributed by atoms with Crippen LogP contribution in [0.25, 0.3) is 0 Å². The van der Waals surface area contributed by atoms with Crippen LogP contribution in [0, 0.1) is 0 Å². The Balaban J connectivity index is 2.32. The lowest BCUT2D eigenvalue weighted by atomic mass is 10.2. The predicted molar refractivity (Wildman–Crippen MR) is 87.6 cm³/mol. The molecule has 2 aromatic rings. The minimum atomic E-state index is -0.221. The van der Waals surface area contributed by atoms with E-state index in [1.807, 2.05) is 10.7 Å². The van der Waals surface area contributed by atoms with Gasteiger partial charge in [-0.3, -0.25) is 4.68 Å². The Labute approximate surface area is 140 Å². The second kappa shape index (κ2) is 6.82. The van der Waals surface area contributed by atoms with Gasteiger partial charge in [0.2, 0.25) is 0 Å². The first kappa shape index (κ1) is 15.7. The van der Waals surface area contributed by atoms with Crippen LogP contribution in [0.15, 0.2) is 25.0 Å². The summed E-state index contributed by atoms with van der Waals surface area (Å²) < 4.78 is 9.93. The third-order valence-corrected chi connectivity index (χ3v) is 6.56. The fraction of sp³-hybridized carbons (Fsp3) is 0.364. The molecule has 0 spiro atoms. The van der Waals surface area contributed by atoms with Gasteiger partial charge in [0.15, 0.2) is 0 Å². The van der Waals surface area contributed by atoms with Crippen molar-refractivity contribution in [3.05, 3.63) is 35.6 Å². The van der Waals surface area contributed by atoms with Crippen LogP contribution in [0.3, 0.4) is 0 Å². The number of halogens is 3. The smallest absolute Gasteiger partial charge is 0.0843 e. The maximum atomic E-state index is 6.35. The summed E-state index contributed by atoms with van der Waals surface area (Å²) in [5, 5.41) is 4.32. The van der Waals surface area contributed by atoms with E-state index in [1.165, 1.54) is 0 Å². The molecule has 8 heteroatoms. The van der Waals surface area contributed by atoms with E-state index in [2.05, 4.69) is 52.9 Å². The van der Waals surface area contributed by atoms with Crippen molar-refractivity contribution in [3.8, 4) is 0 Å². The van der Waals surface area contributed by atoms with E-state index in [9.17, 15) is 0 Å². The largest absolute Gasteiger partial charge is 0.383 e. The molecule has 0 aliphatic rings. The van der Waals surface area contributed by atoms with Gasteiger partial charge in [-0.05, 0) is 53.9 Å². The number of thiophene rings is 1. The molecule has 2 heterocycles. The quantitative estimate of drug-likeness (QED) is 0.716. The highest BCUT2D eigenvalue weighted by molar-refractivity contribution is 9.13. The molecule has 104 valence electrons. The van der Waals surface area contributed by atoms with Gasteiger partial charge in [0, 0.05) is 16.5 Å². The fourth-order valence-electron chi connectivity index (χ4n) is 1.69. The molecule has 2 N–H and O–H groups in total. The summed E-state index contributed by atoms with van der Waals surface area (Å²) >= 11 is 12.1. The van der Waals surface area contributed by atoms with Gasteiger partial charge in [-0.1, -0.05) is 0 Å². The Morgan fingerprint density at radius 2 is 2.16 bits per heavy atom. The van der Waals surface area contributed by atoms with Crippen LogP contribution >= 0.6 is 59.1 Å². The molecule has 0 aliphatic heterocycles. The molecule has 4 nitrogen and oxygen atoms in total. The van der Waals surface area contributed by atoms with Crippen LogP contribution in [0.1, 0.15) is 16.6 Å². The lowest BCUT2D eigenvalue weighted by Crippen LogP contribution is -2.18. The van der Waals surface area contributed by atoms with Gasteiger partial charge >= 0.3 is 0 Å². The number of nitrogens with zero attached hydrogens (tertiary/aromatic N) is 2. The maximum absolute atomic E-state index is 6.35. The number of ether oxygens (including phenoxy) is 1. The molecule has 0 aromatic carbocycles. The van der Waals surface area contributed by atoms with Crippen molar-refractivity contribution in [2.45, 2.75) is 12.6 Å². The van der Waals surface area contributed by atoms with Crippen molar-refractivity contribution in [3.63, 3.8) is 0 Å². The van der Waals surface area contributed by atoms with Crippen LogP contribution in [0.5, 0.6) is 0 Å². The average Bonchev–Trinajstić information content (AvgIpc) is 2.90. The van der Waals surface area contributed by atoms with Crippen LogP contribution in [-0.2, 0) is 11.3 Å². The van der Waals surface area contributed by atoms with Crippen LogP contribution in [0.4, 0.5) is 0 Å². The molecule has 19 heavy (non-hydrogen) atoms. The molecule has 0 bridgehead atoms. The van der Waals surface area contributed by atoms with Crippen molar-refractivity contribution in [2.75, 3.05) is 13.7 Å². The third-order valence-electron chi connectivity index (χ3n) is 2.61. The second-order valence-electron chi connectivity index (χ2n) is 3.84. The topological polar surface area (TPSA) is 53.1 Å². The highest BCUT2D eigenvalue weighted by Crippen LogP contribution is 2.38. The second-order valence-corrected chi connectivity index (χ2v) is 7.95. The van der Waals surface area contributed by atoms with Gasteiger partial charge in [-0.25, -0.2) is 0 Å². The Hall–Kier alpha value is 0.270. The van der Waals surface area contributed by atoms with E-state index >= 15 is 0 Å². The SMILES string of the molecule is COCCn1ncc(Br)c1C(N)c1cc(Br)c(Br)s1. The van der Waals surface area contributed by atoms with Crippen molar-refractivity contribution in [1.29, 1.82) is 0 Å². The number of methoxy groups -OCH3 is 1. The van der Waals surface area contributed by atoms with E-state index in [1.54, 1.807) is 24.6 Å². The molecule has 0 aliphatic carbocycles.